The number of piperidine rings is 1. The molecule has 2 amide bonds. The molecule has 0 atom stereocenters. The molecule has 1 aliphatic rings. The SMILES string of the molecule is O=C(Nc1ccc(OC(F)F)cc1)C1CCN(C(=O)c2cc(Cl)ccc2C(F)(F)F)CC1. The Balaban J connectivity index is 1.60. The summed E-state index contributed by atoms with van der Waals surface area (Å²) in [5.74, 6) is -1.65. The summed E-state index contributed by atoms with van der Waals surface area (Å²) in [6.45, 7) is -2.76. The molecule has 1 heterocycles. The number of likely N-dealkylation sites (tertiary alicyclic amines) is 1. The molecule has 2 aromatic carbocycles. The lowest BCUT2D eigenvalue weighted by Crippen LogP contribution is -2.42. The number of rotatable bonds is 5. The van der Waals surface area contributed by atoms with Crippen molar-refractivity contribution >= 4 is 29.1 Å². The van der Waals surface area contributed by atoms with Crippen molar-refractivity contribution in [3.8, 4) is 5.75 Å². The minimum absolute atomic E-state index is 0.0144. The van der Waals surface area contributed by atoms with Crippen molar-refractivity contribution in [2.75, 3.05) is 18.4 Å². The van der Waals surface area contributed by atoms with Gasteiger partial charge in [0.15, 0.2) is 0 Å². The van der Waals surface area contributed by atoms with Crippen LogP contribution < -0.4 is 10.1 Å². The zero-order valence-corrected chi connectivity index (χ0v) is 17.2. The van der Waals surface area contributed by atoms with E-state index in [4.69, 9.17) is 11.6 Å². The van der Waals surface area contributed by atoms with E-state index >= 15 is 0 Å². The summed E-state index contributed by atoms with van der Waals surface area (Å²) in [5, 5.41) is 2.67. The van der Waals surface area contributed by atoms with Gasteiger partial charge in [0.2, 0.25) is 5.91 Å². The lowest BCUT2D eigenvalue weighted by molar-refractivity contribution is -0.138. The highest BCUT2D eigenvalue weighted by molar-refractivity contribution is 6.31. The lowest BCUT2D eigenvalue weighted by Gasteiger charge is -2.32. The van der Waals surface area contributed by atoms with E-state index in [0.29, 0.717) is 5.69 Å². The zero-order valence-electron chi connectivity index (χ0n) is 16.5. The van der Waals surface area contributed by atoms with Crippen LogP contribution in [-0.2, 0) is 11.0 Å². The molecule has 172 valence electrons. The number of anilines is 1. The molecule has 0 radical (unpaired) electrons. The van der Waals surface area contributed by atoms with Crippen molar-refractivity contribution in [3.05, 3.63) is 58.6 Å². The second-order valence-electron chi connectivity index (χ2n) is 7.15. The van der Waals surface area contributed by atoms with Gasteiger partial charge in [0.05, 0.1) is 11.1 Å². The average molecular weight is 477 g/mol. The summed E-state index contributed by atoms with van der Waals surface area (Å²) in [5.41, 5.74) is -1.21. The molecular weight excluding hydrogens is 459 g/mol. The fourth-order valence-electron chi connectivity index (χ4n) is 3.42. The number of carbonyl (C=O) groups is 2. The summed E-state index contributed by atoms with van der Waals surface area (Å²) in [6.07, 6.45) is -4.19. The van der Waals surface area contributed by atoms with Crippen LogP contribution in [0.15, 0.2) is 42.5 Å². The standard InChI is InChI=1S/C21H18ClF5N2O3/c22-13-1-6-17(21(25,26)27)16(11-13)19(31)29-9-7-12(8-10-29)18(30)28-14-2-4-15(5-3-14)32-20(23)24/h1-6,11-12,20H,7-10H2,(H,28,30). The number of nitrogens with zero attached hydrogens (tertiary/aromatic N) is 1. The number of carbonyl (C=O) groups excluding carboxylic acids is 2. The second kappa shape index (κ2) is 9.72. The van der Waals surface area contributed by atoms with Crippen LogP contribution in [0, 0.1) is 5.92 Å². The zero-order chi connectivity index (χ0) is 23.5. The van der Waals surface area contributed by atoms with Crippen LogP contribution in [-0.4, -0.2) is 36.4 Å². The number of hydrogen-bond donors (Lipinski definition) is 1. The maximum absolute atomic E-state index is 13.3. The van der Waals surface area contributed by atoms with E-state index in [1.165, 1.54) is 29.2 Å². The quantitative estimate of drug-likeness (QED) is 0.584. The molecule has 0 bridgehead atoms. The molecule has 2 aromatic rings. The minimum atomic E-state index is -4.70. The second-order valence-corrected chi connectivity index (χ2v) is 7.58. The number of ether oxygens (including phenoxy) is 1. The molecule has 0 aromatic heterocycles. The first kappa shape index (κ1) is 23.8. The molecule has 0 unspecified atom stereocenters. The third-order valence-corrected chi connectivity index (χ3v) is 5.25. The first-order chi connectivity index (χ1) is 15.0. The third kappa shape index (κ3) is 5.87. The number of halogens is 6. The van der Waals surface area contributed by atoms with Crippen LogP contribution in [0.1, 0.15) is 28.8 Å². The molecule has 0 spiro atoms. The van der Waals surface area contributed by atoms with Gasteiger partial charge in [-0.1, -0.05) is 11.6 Å². The molecule has 1 saturated heterocycles. The van der Waals surface area contributed by atoms with E-state index in [9.17, 15) is 31.5 Å². The number of nitrogens with one attached hydrogen (secondary N) is 1. The normalized spacial score (nSPS) is 15.0. The summed E-state index contributed by atoms with van der Waals surface area (Å²) in [4.78, 5) is 26.4. The number of alkyl halides is 5. The van der Waals surface area contributed by atoms with Gasteiger partial charge in [0, 0.05) is 29.7 Å². The van der Waals surface area contributed by atoms with Gasteiger partial charge in [0.1, 0.15) is 5.75 Å². The van der Waals surface area contributed by atoms with E-state index < -0.39 is 35.7 Å². The van der Waals surface area contributed by atoms with Crippen LogP contribution in [0.5, 0.6) is 5.75 Å². The highest BCUT2D eigenvalue weighted by atomic mass is 35.5. The minimum Gasteiger partial charge on any atom is -0.435 e. The molecule has 5 nitrogen and oxygen atoms in total. The highest BCUT2D eigenvalue weighted by Gasteiger charge is 2.37. The molecule has 1 fully saturated rings. The van der Waals surface area contributed by atoms with E-state index in [1.807, 2.05) is 0 Å². The van der Waals surface area contributed by atoms with Gasteiger partial charge in [-0.25, -0.2) is 0 Å². The van der Waals surface area contributed by atoms with Crippen molar-refractivity contribution in [3.63, 3.8) is 0 Å². The third-order valence-electron chi connectivity index (χ3n) is 5.02. The predicted octanol–water partition coefficient (Wildman–Crippen LogP) is 5.45. The Morgan fingerprint density at radius 1 is 1.06 bits per heavy atom. The summed E-state index contributed by atoms with van der Waals surface area (Å²) < 4.78 is 68.4. The Morgan fingerprint density at radius 2 is 1.69 bits per heavy atom. The molecular formula is C21H18ClF5N2O3. The van der Waals surface area contributed by atoms with Gasteiger partial charge in [-0.3, -0.25) is 9.59 Å². The molecule has 1 N–H and O–H groups in total. The number of amides is 2. The smallest absolute Gasteiger partial charge is 0.417 e. The first-order valence-electron chi connectivity index (χ1n) is 9.56. The van der Waals surface area contributed by atoms with Gasteiger partial charge in [-0.05, 0) is 55.3 Å². The Labute approximate surface area is 185 Å². The van der Waals surface area contributed by atoms with Crippen LogP contribution in [0.2, 0.25) is 5.02 Å². The van der Waals surface area contributed by atoms with Crippen molar-refractivity contribution < 1.29 is 36.3 Å². The Morgan fingerprint density at radius 3 is 2.25 bits per heavy atom. The van der Waals surface area contributed by atoms with Crippen molar-refractivity contribution in [1.82, 2.24) is 4.90 Å². The summed E-state index contributed by atoms with van der Waals surface area (Å²) in [6, 6.07) is 8.22. The number of hydrogen-bond acceptors (Lipinski definition) is 3. The number of benzene rings is 2. The average Bonchev–Trinajstić information content (AvgIpc) is 2.73. The van der Waals surface area contributed by atoms with Gasteiger partial charge in [-0.15, -0.1) is 0 Å². The van der Waals surface area contributed by atoms with E-state index in [2.05, 4.69) is 10.1 Å². The monoisotopic (exact) mass is 476 g/mol. The van der Waals surface area contributed by atoms with Gasteiger partial charge in [-0.2, -0.15) is 22.0 Å². The largest absolute Gasteiger partial charge is 0.435 e. The molecule has 32 heavy (non-hydrogen) atoms. The molecule has 0 aliphatic carbocycles. The Kier molecular flexibility index (Phi) is 7.22. The summed E-state index contributed by atoms with van der Waals surface area (Å²) in [7, 11) is 0. The van der Waals surface area contributed by atoms with Crippen LogP contribution in [0.4, 0.5) is 27.6 Å². The maximum Gasteiger partial charge on any atom is 0.417 e. The van der Waals surface area contributed by atoms with Crippen molar-refractivity contribution in [1.29, 1.82) is 0 Å². The van der Waals surface area contributed by atoms with Crippen LogP contribution in [0.3, 0.4) is 0 Å². The van der Waals surface area contributed by atoms with E-state index in [1.54, 1.807) is 0 Å². The topological polar surface area (TPSA) is 58.6 Å². The summed E-state index contributed by atoms with van der Waals surface area (Å²) >= 11 is 5.79. The van der Waals surface area contributed by atoms with Crippen molar-refractivity contribution in [2.24, 2.45) is 5.92 Å². The molecule has 11 heteroatoms. The Bertz CT molecular complexity index is 974. The highest BCUT2D eigenvalue weighted by Crippen LogP contribution is 2.34. The fraction of sp³-hybridized carbons (Fsp3) is 0.333. The first-order valence-corrected chi connectivity index (χ1v) is 9.94. The lowest BCUT2D eigenvalue weighted by atomic mass is 9.94. The van der Waals surface area contributed by atoms with Gasteiger partial charge in [0.25, 0.3) is 5.91 Å². The fourth-order valence-corrected chi connectivity index (χ4v) is 3.59. The molecule has 0 saturated carbocycles. The predicted molar refractivity (Wildman–Crippen MR) is 107 cm³/mol. The van der Waals surface area contributed by atoms with Crippen LogP contribution >= 0.6 is 11.6 Å². The van der Waals surface area contributed by atoms with Gasteiger partial charge >= 0.3 is 12.8 Å². The van der Waals surface area contributed by atoms with Gasteiger partial charge < -0.3 is 15.0 Å². The van der Waals surface area contributed by atoms with Crippen LogP contribution in [0.25, 0.3) is 0 Å². The van der Waals surface area contributed by atoms with Crippen molar-refractivity contribution in [2.45, 2.75) is 25.6 Å². The van der Waals surface area contributed by atoms with E-state index in [0.717, 1.165) is 18.2 Å². The van der Waals surface area contributed by atoms with E-state index in [-0.39, 0.29) is 42.6 Å². The Hall–Kier alpha value is -2.88. The molecule has 3 rings (SSSR count). The maximum atomic E-state index is 13.3. The molecule has 1 aliphatic heterocycles.